The zero-order chi connectivity index (χ0) is 15.4. The number of nitrogens with two attached hydrogens (primary N) is 1. The highest BCUT2D eigenvalue weighted by molar-refractivity contribution is 5.85. The predicted octanol–water partition coefficient (Wildman–Crippen LogP) is 2.02. The molecule has 0 saturated heterocycles. The zero-order valence-corrected chi connectivity index (χ0v) is 15.7. The number of rotatable bonds is 5. The third-order valence-corrected chi connectivity index (χ3v) is 4.91. The molecule has 8 heteroatoms. The predicted molar refractivity (Wildman–Crippen MR) is 98.7 cm³/mol. The first-order valence-electron chi connectivity index (χ1n) is 8.68. The number of hydrogen-bond donors (Lipinski definition) is 2. The number of hydrogen-bond acceptors (Lipinski definition) is 4. The van der Waals surface area contributed by atoms with Crippen LogP contribution >= 0.6 is 24.8 Å². The summed E-state index contributed by atoms with van der Waals surface area (Å²) in [6.45, 7) is 1.76. The van der Waals surface area contributed by atoms with Crippen LogP contribution in [0.1, 0.15) is 56.6 Å². The van der Waals surface area contributed by atoms with Crippen LogP contribution in [-0.4, -0.2) is 33.3 Å². The van der Waals surface area contributed by atoms with Gasteiger partial charge in [-0.25, -0.2) is 0 Å². The Morgan fingerprint density at radius 2 is 2.04 bits per heavy atom. The number of carbonyl (C=O) groups excluding carboxylic acids is 1. The first-order valence-corrected chi connectivity index (χ1v) is 8.68. The van der Waals surface area contributed by atoms with Gasteiger partial charge < -0.3 is 15.6 Å². The average Bonchev–Trinajstić information content (AvgIpc) is 3.03. The van der Waals surface area contributed by atoms with Crippen LogP contribution in [0.25, 0.3) is 0 Å². The molecule has 1 saturated carbocycles. The van der Waals surface area contributed by atoms with E-state index in [2.05, 4.69) is 20.1 Å². The van der Waals surface area contributed by atoms with Crippen molar-refractivity contribution in [3.63, 3.8) is 0 Å². The van der Waals surface area contributed by atoms with Gasteiger partial charge in [0.05, 0.1) is 0 Å². The standard InChI is InChI=1S/C16H27N5O.2ClH/c17-13-8-7-12(11-13)16(22)18-9-4-6-15-20-19-14-5-2-1-3-10-21(14)15;;/h12-13H,1-11,17H2,(H,18,22);2*1H. The molecule has 24 heavy (non-hydrogen) atoms. The van der Waals surface area contributed by atoms with E-state index in [9.17, 15) is 4.79 Å². The second-order valence-corrected chi connectivity index (χ2v) is 6.66. The average molecular weight is 378 g/mol. The fraction of sp³-hybridized carbons (Fsp3) is 0.812. The van der Waals surface area contributed by atoms with Crippen LogP contribution in [0.4, 0.5) is 0 Å². The van der Waals surface area contributed by atoms with Crippen LogP contribution in [0.5, 0.6) is 0 Å². The van der Waals surface area contributed by atoms with E-state index in [0.29, 0.717) is 6.54 Å². The summed E-state index contributed by atoms with van der Waals surface area (Å²) >= 11 is 0. The SMILES string of the molecule is Cl.Cl.NC1CCC(C(=O)NCCCc2nnc3n2CCCCC3)C1. The molecule has 3 N–H and O–H groups in total. The maximum absolute atomic E-state index is 12.0. The summed E-state index contributed by atoms with van der Waals surface area (Å²) in [5.41, 5.74) is 5.86. The van der Waals surface area contributed by atoms with Crippen LogP contribution in [-0.2, 0) is 24.2 Å². The minimum Gasteiger partial charge on any atom is -0.356 e. The van der Waals surface area contributed by atoms with Crippen molar-refractivity contribution >= 4 is 30.7 Å². The summed E-state index contributed by atoms with van der Waals surface area (Å²) in [5, 5.41) is 11.7. The third kappa shape index (κ3) is 5.33. The summed E-state index contributed by atoms with van der Waals surface area (Å²) < 4.78 is 2.28. The molecule has 0 spiro atoms. The van der Waals surface area contributed by atoms with Gasteiger partial charge in [-0.1, -0.05) is 6.42 Å². The van der Waals surface area contributed by atoms with E-state index in [-0.39, 0.29) is 42.7 Å². The van der Waals surface area contributed by atoms with Crippen molar-refractivity contribution in [1.82, 2.24) is 20.1 Å². The third-order valence-electron chi connectivity index (χ3n) is 4.91. The lowest BCUT2D eigenvalue weighted by Gasteiger charge is -2.11. The molecule has 138 valence electrons. The minimum absolute atomic E-state index is 0. The minimum atomic E-state index is 0. The van der Waals surface area contributed by atoms with Crippen molar-refractivity contribution in [3.05, 3.63) is 11.6 Å². The molecule has 1 aromatic rings. The van der Waals surface area contributed by atoms with Gasteiger partial charge in [-0.05, 0) is 38.5 Å². The fourth-order valence-electron chi connectivity index (χ4n) is 3.59. The van der Waals surface area contributed by atoms with Crippen LogP contribution in [0.3, 0.4) is 0 Å². The number of amides is 1. The molecule has 3 rings (SSSR count). The Bertz CT molecular complexity index is 523. The number of aryl methyl sites for hydroxylation is 2. The normalized spacial score (nSPS) is 22.7. The van der Waals surface area contributed by atoms with Gasteiger partial charge in [0.2, 0.25) is 5.91 Å². The van der Waals surface area contributed by atoms with Crippen LogP contribution < -0.4 is 11.1 Å². The Labute approximate surface area is 156 Å². The van der Waals surface area contributed by atoms with Crippen molar-refractivity contribution in [3.8, 4) is 0 Å². The molecular weight excluding hydrogens is 349 g/mol. The van der Waals surface area contributed by atoms with Gasteiger partial charge in [0, 0.05) is 37.9 Å². The molecule has 0 bridgehead atoms. The molecule has 2 atom stereocenters. The summed E-state index contributed by atoms with van der Waals surface area (Å²) in [6, 6.07) is 0.210. The molecular formula is C16H29Cl2N5O. The van der Waals surface area contributed by atoms with Gasteiger partial charge >= 0.3 is 0 Å². The quantitative estimate of drug-likeness (QED) is 0.768. The van der Waals surface area contributed by atoms with Crippen LogP contribution in [0.2, 0.25) is 0 Å². The van der Waals surface area contributed by atoms with Crippen molar-refractivity contribution in [2.75, 3.05) is 6.54 Å². The van der Waals surface area contributed by atoms with E-state index in [0.717, 1.165) is 56.7 Å². The van der Waals surface area contributed by atoms with Gasteiger partial charge in [0.15, 0.2) is 0 Å². The topological polar surface area (TPSA) is 85.8 Å². The lowest BCUT2D eigenvalue weighted by atomic mass is 10.1. The highest BCUT2D eigenvalue weighted by Gasteiger charge is 2.27. The van der Waals surface area contributed by atoms with Gasteiger partial charge in [0.1, 0.15) is 11.6 Å². The Morgan fingerprint density at radius 1 is 1.21 bits per heavy atom. The molecule has 1 aliphatic carbocycles. The van der Waals surface area contributed by atoms with Gasteiger partial charge in [-0.2, -0.15) is 0 Å². The van der Waals surface area contributed by atoms with Gasteiger partial charge in [0.25, 0.3) is 0 Å². The highest BCUT2D eigenvalue weighted by atomic mass is 35.5. The fourth-order valence-corrected chi connectivity index (χ4v) is 3.59. The Kier molecular flexibility index (Phi) is 9.02. The maximum atomic E-state index is 12.0. The molecule has 1 fully saturated rings. The molecule has 1 aliphatic heterocycles. The van der Waals surface area contributed by atoms with Crippen LogP contribution in [0, 0.1) is 5.92 Å². The van der Waals surface area contributed by atoms with Gasteiger partial charge in [-0.3, -0.25) is 4.79 Å². The molecule has 1 aromatic heterocycles. The lowest BCUT2D eigenvalue weighted by molar-refractivity contribution is -0.124. The van der Waals surface area contributed by atoms with E-state index in [4.69, 9.17) is 5.73 Å². The molecule has 1 amide bonds. The number of nitrogens with zero attached hydrogens (tertiary/aromatic N) is 3. The van der Waals surface area contributed by atoms with Gasteiger partial charge in [-0.15, -0.1) is 35.0 Å². The second-order valence-electron chi connectivity index (χ2n) is 6.66. The molecule has 2 aliphatic rings. The summed E-state index contributed by atoms with van der Waals surface area (Å²) in [7, 11) is 0. The van der Waals surface area contributed by atoms with E-state index in [1.165, 1.54) is 19.3 Å². The Hall–Kier alpha value is -0.850. The molecule has 0 aromatic carbocycles. The number of halogens is 2. The maximum Gasteiger partial charge on any atom is 0.223 e. The number of aromatic nitrogens is 3. The first kappa shape index (κ1) is 21.2. The van der Waals surface area contributed by atoms with Crippen molar-refractivity contribution in [2.45, 2.75) is 70.4 Å². The molecule has 0 radical (unpaired) electrons. The van der Waals surface area contributed by atoms with Crippen LogP contribution in [0.15, 0.2) is 0 Å². The first-order chi connectivity index (χ1) is 10.7. The van der Waals surface area contributed by atoms with E-state index >= 15 is 0 Å². The monoisotopic (exact) mass is 377 g/mol. The lowest BCUT2D eigenvalue weighted by Crippen LogP contribution is -2.31. The largest absolute Gasteiger partial charge is 0.356 e. The molecule has 6 nitrogen and oxygen atoms in total. The van der Waals surface area contributed by atoms with E-state index in [1.807, 2.05) is 0 Å². The van der Waals surface area contributed by atoms with E-state index < -0.39 is 0 Å². The number of fused-ring (bicyclic) bond motifs is 1. The summed E-state index contributed by atoms with van der Waals surface area (Å²) in [5.74, 6) is 2.51. The smallest absolute Gasteiger partial charge is 0.223 e. The zero-order valence-electron chi connectivity index (χ0n) is 14.1. The Balaban J connectivity index is 0.00000144. The van der Waals surface area contributed by atoms with Crippen molar-refractivity contribution in [1.29, 1.82) is 0 Å². The van der Waals surface area contributed by atoms with Crippen molar-refractivity contribution in [2.24, 2.45) is 11.7 Å². The number of carbonyl (C=O) groups is 1. The molecule has 2 heterocycles. The van der Waals surface area contributed by atoms with Crippen molar-refractivity contribution < 1.29 is 4.79 Å². The summed E-state index contributed by atoms with van der Waals surface area (Å²) in [6.07, 6.45) is 9.32. The molecule has 2 unspecified atom stereocenters. The number of nitrogens with one attached hydrogen (secondary N) is 1. The Morgan fingerprint density at radius 3 is 2.79 bits per heavy atom. The van der Waals surface area contributed by atoms with E-state index in [1.54, 1.807) is 0 Å². The summed E-state index contributed by atoms with van der Waals surface area (Å²) in [4.78, 5) is 12.0. The second kappa shape index (κ2) is 10.2. The highest BCUT2D eigenvalue weighted by Crippen LogP contribution is 2.24.